The summed E-state index contributed by atoms with van der Waals surface area (Å²) < 4.78 is 5.54. The summed E-state index contributed by atoms with van der Waals surface area (Å²) in [4.78, 5) is 2.53. The predicted molar refractivity (Wildman–Crippen MR) is 93.0 cm³/mol. The fourth-order valence-electron chi connectivity index (χ4n) is 3.46. The van der Waals surface area contributed by atoms with Crippen molar-refractivity contribution in [3.63, 3.8) is 0 Å². The van der Waals surface area contributed by atoms with Gasteiger partial charge in [0.2, 0.25) is 0 Å². The van der Waals surface area contributed by atoms with Crippen molar-refractivity contribution in [1.29, 1.82) is 0 Å². The first-order valence-corrected chi connectivity index (χ1v) is 8.39. The molecule has 0 unspecified atom stereocenters. The van der Waals surface area contributed by atoms with Gasteiger partial charge in [0.15, 0.2) is 0 Å². The zero-order valence-corrected chi connectivity index (χ0v) is 14.6. The van der Waals surface area contributed by atoms with E-state index in [2.05, 4.69) is 54.1 Å². The van der Waals surface area contributed by atoms with Crippen molar-refractivity contribution >= 4 is 0 Å². The number of ether oxygens (including phenoxy) is 1. The van der Waals surface area contributed by atoms with Crippen LogP contribution in [0.15, 0.2) is 24.4 Å². The molecule has 1 aliphatic rings. The standard InChI is InChI=1S/C19H27N3O/c1-19(2,3)18-15(12-20-21-18)13-22-10-8-14-6-5-7-17(23-4)16(14)9-11-22/h5-7,12H,8-11,13H2,1-4H3,(H,20,21). The van der Waals surface area contributed by atoms with Crippen LogP contribution < -0.4 is 4.74 Å². The van der Waals surface area contributed by atoms with Gasteiger partial charge < -0.3 is 4.74 Å². The van der Waals surface area contributed by atoms with E-state index in [9.17, 15) is 0 Å². The fraction of sp³-hybridized carbons (Fsp3) is 0.526. The van der Waals surface area contributed by atoms with Gasteiger partial charge in [0.05, 0.1) is 13.3 Å². The summed E-state index contributed by atoms with van der Waals surface area (Å²) >= 11 is 0. The van der Waals surface area contributed by atoms with Gasteiger partial charge in [-0.05, 0) is 30.0 Å². The van der Waals surface area contributed by atoms with E-state index in [4.69, 9.17) is 4.74 Å². The van der Waals surface area contributed by atoms with Crippen molar-refractivity contribution in [3.05, 3.63) is 46.8 Å². The van der Waals surface area contributed by atoms with Crippen LogP contribution in [0.25, 0.3) is 0 Å². The van der Waals surface area contributed by atoms with Crippen LogP contribution in [0.4, 0.5) is 0 Å². The van der Waals surface area contributed by atoms with Gasteiger partial charge in [0.25, 0.3) is 0 Å². The number of hydrogen-bond acceptors (Lipinski definition) is 3. The quantitative estimate of drug-likeness (QED) is 0.945. The Morgan fingerprint density at radius 2 is 2.00 bits per heavy atom. The minimum atomic E-state index is 0.101. The molecule has 4 nitrogen and oxygen atoms in total. The number of nitrogens with one attached hydrogen (secondary N) is 1. The summed E-state index contributed by atoms with van der Waals surface area (Å²) in [7, 11) is 1.76. The molecule has 1 aromatic carbocycles. The van der Waals surface area contributed by atoms with Crippen molar-refractivity contribution in [2.75, 3.05) is 20.2 Å². The molecule has 3 rings (SSSR count). The molecule has 0 bridgehead atoms. The Bertz CT molecular complexity index is 669. The first kappa shape index (κ1) is 16.1. The zero-order valence-electron chi connectivity index (χ0n) is 14.6. The molecule has 1 aliphatic heterocycles. The lowest BCUT2D eigenvalue weighted by Crippen LogP contribution is -2.27. The molecule has 0 spiro atoms. The minimum absolute atomic E-state index is 0.101. The van der Waals surface area contributed by atoms with Crippen molar-refractivity contribution in [1.82, 2.24) is 15.1 Å². The average Bonchev–Trinajstić information content (AvgIpc) is 2.88. The fourth-order valence-corrected chi connectivity index (χ4v) is 3.46. The molecule has 0 fully saturated rings. The maximum Gasteiger partial charge on any atom is 0.122 e. The number of H-pyrrole nitrogens is 1. The smallest absolute Gasteiger partial charge is 0.122 e. The highest BCUT2D eigenvalue weighted by Crippen LogP contribution is 2.28. The molecular formula is C19H27N3O. The number of nitrogens with zero attached hydrogens (tertiary/aromatic N) is 2. The number of hydrogen-bond donors (Lipinski definition) is 1. The van der Waals surface area contributed by atoms with Gasteiger partial charge in [-0.3, -0.25) is 10.00 Å². The molecule has 1 N–H and O–H groups in total. The summed E-state index contributed by atoms with van der Waals surface area (Å²) in [5.74, 6) is 1.03. The lowest BCUT2D eigenvalue weighted by atomic mass is 9.89. The van der Waals surface area contributed by atoms with Gasteiger partial charge in [-0.1, -0.05) is 32.9 Å². The van der Waals surface area contributed by atoms with Crippen LogP contribution in [0.3, 0.4) is 0 Å². The summed E-state index contributed by atoms with van der Waals surface area (Å²) in [6.07, 6.45) is 4.11. The molecule has 23 heavy (non-hydrogen) atoms. The molecule has 1 aromatic heterocycles. The average molecular weight is 313 g/mol. The number of aromatic amines is 1. The van der Waals surface area contributed by atoms with Gasteiger partial charge in [-0.25, -0.2) is 0 Å². The molecule has 0 atom stereocenters. The summed E-state index contributed by atoms with van der Waals surface area (Å²) in [6.45, 7) is 9.78. The third kappa shape index (κ3) is 3.42. The third-order valence-electron chi connectivity index (χ3n) is 4.69. The van der Waals surface area contributed by atoms with E-state index >= 15 is 0 Å². The zero-order chi connectivity index (χ0) is 16.4. The maximum atomic E-state index is 5.54. The van der Waals surface area contributed by atoms with E-state index in [0.717, 1.165) is 38.2 Å². The van der Waals surface area contributed by atoms with Gasteiger partial charge >= 0.3 is 0 Å². The van der Waals surface area contributed by atoms with Crippen LogP contribution in [0, 0.1) is 0 Å². The minimum Gasteiger partial charge on any atom is -0.496 e. The second-order valence-corrected chi connectivity index (χ2v) is 7.39. The van der Waals surface area contributed by atoms with Crippen molar-refractivity contribution in [2.45, 2.75) is 45.6 Å². The molecule has 4 heteroatoms. The Morgan fingerprint density at radius 3 is 2.74 bits per heavy atom. The molecule has 0 amide bonds. The second kappa shape index (κ2) is 6.36. The Labute approximate surface area is 138 Å². The second-order valence-electron chi connectivity index (χ2n) is 7.39. The molecule has 0 saturated carbocycles. The van der Waals surface area contributed by atoms with Gasteiger partial charge in [0.1, 0.15) is 5.75 Å². The van der Waals surface area contributed by atoms with Crippen LogP contribution in [0.2, 0.25) is 0 Å². The van der Waals surface area contributed by atoms with Gasteiger partial charge in [-0.15, -0.1) is 0 Å². The molecule has 0 saturated heterocycles. The van der Waals surface area contributed by atoms with Crippen molar-refractivity contribution in [3.8, 4) is 5.75 Å². The molecule has 2 aromatic rings. The Kier molecular flexibility index (Phi) is 4.44. The Balaban J connectivity index is 1.75. The molecule has 0 radical (unpaired) electrons. The number of fused-ring (bicyclic) bond motifs is 1. The Morgan fingerprint density at radius 1 is 1.22 bits per heavy atom. The normalized spacial score (nSPS) is 16.0. The van der Waals surface area contributed by atoms with E-state index in [1.807, 2.05) is 6.20 Å². The highest BCUT2D eigenvalue weighted by atomic mass is 16.5. The van der Waals surface area contributed by atoms with Gasteiger partial charge in [0, 0.05) is 36.3 Å². The first-order valence-electron chi connectivity index (χ1n) is 8.39. The van der Waals surface area contributed by atoms with E-state index in [1.54, 1.807) is 7.11 Å². The lowest BCUT2D eigenvalue weighted by molar-refractivity contribution is 0.276. The number of rotatable bonds is 3. The first-order chi connectivity index (χ1) is 11.0. The van der Waals surface area contributed by atoms with E-state index in [0.29, 0.717) is 0 Å². The molecule has 2 heterocycles. The lowest BCUT2D eigenvalue weighted by Gasteiger charge is -2.23. The van der Waals surface area contributed by atoms with E-state index in [-0.39, 0.29) is 5.41 Å². The van der Waals surface area contributed by atoms with Crippen molar-refractivity contribution < 1.29 is 4.74 Å². The van der Waals surface area contributed by atoms with Crippen molar-refractivity contribution in [2.24, 2.45) is 0 Å². The maximum absolute atomic E-state index is 5.54. The van der Waals surface area contributed by atoms with E-state index < -0.39 is 0 Å². The highest BCUT2D eigenvalue weighted by molar-refractivity contribution is 5.41. The monoisotopic (exact) mass is 313 g/mol. The molecule has 124 valence electrons. The SMILES string of the molecule is COc1cccc2c1CCN(Cc1cn[nH]c1C(C)(C)C)CC2. The van der Waals surface area contributed by atoms with E-state index in [1.165, 1.54) is 22.4 Å². The van der Waals surface area contributed by atoms with Crippen LogP contribution >= 0.6 is 0 Å². The van der Waals surface area contributed by atoms with Gasteiger partial charge in [-0.2, -0.15) is 5.10 Å². The number of benzene rings is 1. The number of aromatic nitrogens is 2. The largest absolute Gasteiger partial charge is 0.496 e. The summed E-state index contributed by atoms with van der Waals surface area (Å²) in [6, 6.07) is 6.41. The molecule has 0 aliphatic carbocycles. The number of methoxy groups -OCH3 is 1. The molecular weight excluding hydrogens is 286 g/mol. The van der Waals surface area contributed by atoms with Crippen LogP contribution in [-0.4, -0.2) is 35.3 Å². The Hall–Kier alpha value is -1.81. The van der Waals surface area contributed by atoms with Crippen LogP contribution in [-0.2, 0) is 24.8 Å². The third-order valence-corrected chi connectivity index (χ3v) is 4.69. The summed E-state index contributed by atoms with van der Waals surface area (Å²) in [5.41, 5.74) is 5.47. The van der Waals surface area contributed by atoms with Crippen LogP contribution in [0.5, 0.6) is 5.75 Å². The predicted octanol–water partition coefficient (Wildman–Crippen LogP) is 3.32. The highest BCUT2D eigenvalue weighted by Gasteiger charge is 2.23. The summed E-state index contributed by atoms with van der Waals surface area (Å²) in [5, 5.41) is 7.46. The van der Waals surface area contributed by atoms with Crippen LogP contribution in [0.1, 0.15) is 43.2 Å². The topological polar surface area (TPSA) is 41.1 Å².